The molecule has 0 aliphatic heterocycles. The number of hydrogen-bond acceptors (Lipinski definition) is 6. The maximum Gasteiger partial charge on any atom is 0.273 e. The van der Waals surface area contributed by atoms with Crippen LogP contribution >= 0.6 is 11.3 Å². The van der Waals surface area contributed by atoms with Crippen LogP contribution in [0.5, 0.6) is 0 Å². The molecule has 0 radical (unpaired) electrons. The Hall–Kier alpha value is -1.51. The van der Waals surface area contributed by atoms with Crippen molar-refractivity contribution in [2.75, 3.05) is 40.4 Å². The van der Waals surface area contributed by atoms with E-state index >= 15 is 0 Å². The fourth-order valence-electron chi connectivity index (χ4n) is 1.63. The molecule has 0 aliphatic rings. The van der Waals surface area contributed by atoms with Gasteiger partial charge in [-0.05, 0) is 13.0 Å². The van der Waals surface area contributed by atoms with Gasteiger partial charge in [-0.1, -0.05) is 0 Å². The van der Waals surface area contributed by atoms with E-state index in [1.165, 1.54) is 16.2 Å². The molecule has 1 aromatic rings. The molecule has 7 nitrogen and oxygen atoms in total. The zero-order valence-corrected chi connectivity index (χ0v) is 13.2. The maximum atomic E-state index is 12.1. The number of carbonyl (C=O) groups excluding carboxylic acids is 2. The molecule has 1 heterocycles. The number of likely N-dealkylation sites (N-methyl/N-ethyl adjacent to an activating group) is 1. The Bertz CT molecular complexity index is 464. The number of thiazole rings is 1. The summed E-state index contributed by atoms with van der Waals surface area (Å²) in [6, 6.07) is 0. The number of carbonyl (C=O) groups is 2. The summed E-state index contributed by atoms with van der Waals surface area (Å²) < 4.78 is 4.89. The number of methoxy groups -OCH3 is 1. The third-order valence-corrected chi connectivity index (χ3v) is 3.61. The van der Waals surface area contributed by atoms with E-state index in [0.29, 0.717) is 31.8 Å². The Kier molecular flexibility index (Phi) is 7.88. The Morgan fingerprint density at radius 1 is 1.52 bits per heavy atom. The van der Waals surface area contributed by atoms with Crippen LogP contribution in [0.25, 0.3) is 0 Å². The first-order valence-corrected chi connectivity index (χ1v) is 7.62. The highest BCUT2D eigenvalue weighted by Gasteiger charge is 2.17. The minimum Gasteiger partial charge on any atom is -0.385 e. The fraction of sp³-hybridized carbons (Fsp3) is 0.615. The zero-order chi connectivity index (χ0) is 15.7. The summed E-state index contributed by atoms with van der Waals surface area (Å²) in [4.78, 5) is 29.4. The van der Waals surface area contributed by atoms with Crippen LogP contribution in [0.4, 0.5) is 0 Å². The average molecular weight is 314 g/mol. The topological polar surface area (TPSA) is 97.5 Å². The van der Waals surface area contributed by atoms with Crippen molar-refractivity contribution in [1.82, 2.24) is 15.2 Å². The van der Waals surface area contributed by atoms with E-state index in [9.17, 15) is 9.59 Å². The molecule has 0 aliphatic carbocycles. The van der Waals surface area contributed by atoms with Crippen molar-refractivity contribution in [3.05, 3.63) is 16.1 Å². The van der Waals surface area contributed by atoms with Crippen molar-refractivity contribution in [2.24, 2.45) is 5.73 Å². The number of amides is 2. The van der Waals surface area contributed by atoms with E-state index in [4.69, 9.17) is 10.5 Å². The molecule has 8 heteroatoms. The minimum absolute atomic E-state index is 0.00949. The van der Waals surface area contributed by atoms with Gasteiger partial charge in [0.2, 0.25) is 5.91 Å². The van der Waals surface area contributed by atoms with E-state index in [2.05, 4.69) is 10.3 Å². The van der Waals surface area contributed by atoms with Crippen molar-refractivity contribution in [2.45, 2.75) is 12.8 Å². The molecular weight excluding hydrogens is 292 g/mol. The standard InChI is InChI=1S/C13H22N4O3S/c1-17(8-11(18)15-6-3-7-20-2)13(19)10-9-21-12(16-10)4-5-14/h9H,3-8,14H2,1-2H3,(H,15,18). The van der Waals surface area contributed by atoms with Crippen LogP contribution < -0.4 is 11.1 Å². The minimum atomic E-state index is -0.262. The smallest absolute Gasteiger partial charge is 0.273 e. The van der Waals surface area contributed by atoms with Crippen LogP contribution in [0.2, 0.25) is 0 Å². The summed E-state index contributed by atoms with van der Waals surface area (Å²) in [6.07, 6.45) is 1.40. The quantitative estimate of drug-likeness (QED) is 0.619. The van der Waals surface area contributed by atoms with Crippen LogP contribution in [-0.4, -0.2) is 62.1 Å². The summed E-state index contributed by atoms with van der Waals surface area (Å²) in [5.74, 6) is -0.457. The van der Waals surface area contributed by atoms with Crippen LogP contribution in [0.15, 0.2) is 5.38 Å². The molecule has 0 spiro atoms. The summed E-state index contributed by atoms with van der Waals surface area (Å²) in [5, 5.41) is 5.26. The van der Waals surface area contributed by atoms with E-state index in [1.807, 2.05) is 0 Å². The molecule has 0 fully saturated rings. The molecule has 1 rings (SSSR count). The number of ether oxygens (including phenoxy) is 1. The lowest BCUT2D eigenvalue weighted by Crippen LogP contribution is -2.39. The second-order valence-electron chi connectivity index (χ2n) is 4.52. The Morgan fingerprint density at radius 2 is 2.29 bits per heavy atom. The molecule has 0 aromatic carbocycles. The molecule has 1 aromatic heterocycles. The van der Waals surface area contributed by atoms with Crippen LogP contribution in [0, 0.1) is 0 Å². The van der Waals surface area contributed by atoms with E-state index in [1.54, 1.807) is 19.5 Å². The molecule has 3 N–H and O–H groups in total. The van der Waals surface area contributed by atoms with Gasteiger partial charge < -0.3 is 20.7 Å². The molecule has 2 amide bonds. The molecular formula is C13H22N4O3S. The normalized spacial score (nSPS) is 10.4. The van der Waals surface area contributed by atoms with Gasteiger partial charge in [-0.15, -0.1) is 11.3 Å². The Labute approximate surface area is 128 Å². The van der Waals surface area contributed by atoms with Gasteiger partial charge in [-0.2, -0.15) is 0 Å². The molecule has 118 valence electrons. The van der Waals surface area contributed by atoms with Crippen molar-refractivity contribution in [3.8, 4) is 0 Å². The SMILES string of the molecule is COCCCNC(=O)CN(C)C(=O)c1csc(CCN)n1. The lowest BCUT2D eigenvalue weighted by molar-refractivity contribution is -0.121. The predicted octanol–water partition coefficient (Wildman–Crippen LogP) is -0.131. The second-order valence-corrected chi connectivity index (χ2v) is 5.47. The third-order valence-electron chi connectivity index (χ3n) is 2.70. The van der Waals surface area contributed by atoms with Gasteiger partial charge in [0.1, 0.15) is 5.69 Å². The van der Waals surface area contributed by atoms with Gasteiger partial charge in [-0.25, -0.2) is 4.98 Å². The average Bonchev–Trinajstić information content (AvgIpc) is 2.91. The van der Waals surface area contributed by atoms with Crippen LogP contribution in [0.3, 0.4) is 0 Å². The highest BCUT2D eigenvalue weighted by atomic mass is 32.1. The summed E-state index contributed by atoms with van der Waals surface area (Å²) in [7, 11) is 3.19. The fourth-order valence-corrected chi connectivity index (χ4v) is 2.42. The molecule has 0 atom stereocenters. The van der Waals surface area contributed by atoms with Crippen molar-refractivity contribution < 1.29 is 14.3 Å². The van der Waals surface area contributed by atoms with Crippen molar-refractivity contribution in [1.29, 1.82) is 0 Å². The molecule has 0 saturated heterocycles. The van der Waals surface area contributed by atoms with Gasteiger partial charge in [0, 0.05) is 39.1 Å². The molecule has 0 bridgehead atoms. The first-order valence-electron chi connectivity index (χ1n) is 6.74. The Balaban J connectivity index is 2.40. The highest BCUT2D eigenvalue weighted by molar-refractivity contribution is 7.09. The maximum absolute atomic E-state index is 12.1. The van der Waals surface area contributed by atoms with Crippen LogP contribution in [-0.2, 0) is 16.0 Å². The first-order chi connectivity index (χ1) is 10.1. The van der Waals surface area contributed by atoms with Gasteiger partial charge in [-0.3, -0.25) is 9.59 Å². The van der Waals surface area contributed by atoms with E-state index in [-0.39, 0.29) is 18.4 Å². The molecule has 0 saturated carbocycles. The second kappa shape index (κ2) is 9.43. The van der Waals surface area contributed by atoms with E-state index in [0.717, 1.165) is 11.4 Å². The van der Waals surface area contributed by atoms with Crippen molar-refractivity contribution in [3.63, 3.8) is 0 Å². The first kappa shape index (κ1) is 17.5. The summed E-state index contributed by atoms with van der Waals surface area (Å²) >= 11 is 1.41. The monoisotopic (exact) mass is 314 g/mol. The zero-order valence-electron chi connectivity index (χ0n) is 12.4. The lowest BCUT2D eigenvalue weighted by Gasteiger charge is -2.15. The molecule has 21 heavy (non-hydrogen) atoms. The number of hydrogen-bond donors (Lipinski definition) is 2. The predicted molar refractivity (Wildman–Crippen MR) is 81.3 cm³/mol. The van der Waals surface area contributed by atoms with Crippen molar-refractivity contribution >= 4 is 23.2 Å². The number of rotatable bonds is 9. The number of nitrogens with two attached hydrogens (primary N) is 1. The van der Waals surface area contributed by atoms with Crippen LogP contribution in [0.1, 0.15) is 21.9 Å². The summed E-state index contributed by atoms with van der Waals surface area (Å²) in [6.45, 7) is 1.64. The number of nitrogens with zero attached hydrogens (tertiary/aromatic N) is 2. The highest BCUT2D eigenvalue weighted by Crippen LogP contribution is 2.11. The van der Waals surface area contributed by atoms with Gasteiger partial charge >= 0.3 is 0 Å². The third kappa shape index (κ3) is 6.19. The van der Waals surface area contributed by atoms with Gasteiger partial charge in [0.05, 0.1) is 11.6 Å². The summed E-state index contributed by atoms with van der Waals surface area (Å²) in [5.41, 5.74) is 5.81. The van der Waals surface area contributed by atoms with Gasteiger partial charge in [0.15, 0.2) is 0 Å². The van der Waals surface area contributed by atoms with Gasteiger partial charge in [0.25, 0.3) is 5.91 Å². The lowest BCUT2D eigenvalue weighted by atomic mass is 10.3. The largest absolute Gasteiger partial charge is 0.385 e. The number of aromatic nitrogens is 1. The number of nitrogens with one attached hydrogen (secondary N) is 1. The Morgan fingerprint density at radius 3 is 2.95 bits per heavy atom. The molecule has 0 unspecified atom stereocenters. The van der Waals surface area contributed by atoms with E-state index < -0.39 is 0 Å².